The van der Waals surface area contributed by atoms with Gasteiger partial charge in [0.2, 0.25) is 0 Å². The Bertz CT molecular complexity index is 221. The molecule has 0 radical (unpaired) electrons. The van der Waals surface area contributed by atoms with Crippen molar-refractivity contribution in [2.75, 3.05) is 26.7 Å². The van der Waals surface area contributed by atoms with Crippen molar-refractivity contribution in [1.29, 1.82) is 0 Å². The molecule has 15 heavy (non-hydrogen) atoms. The molecule has 2 heteroatoms. The van der Waals surface area contributed by atoms with Gasteiger partial charge in [0.15, 0.2) is 0 Å². The number of terminal acetylenes is 1. The molecular weight excluding hydrogens is 184 g/mol. The lowest BCUT2D eigenvalue weighted by Gasteiger charge is -2.38. The van der Waals surface area contributed by atoms with E-state index < -0.39 is 0 Å². The van der Waals surface area contributed by atoms with Gasteiger partial charge >= 0.3 is 0 Å². The Morgan fingerprint density at radius 1 is 1.47 bits per heavy atom. The zero-order valence-corrected chi connectivity index (χ0v) is 10.3. The van der Waals surface area contributed by atoms with E-state index in [0.717, 1.165) is 13.0 Å². The highest BCUT2D eigenvalue weighted by Crippen LogP contribution is 2.29. The van der Waals surface area contributed by atoms with Gasteiger partial charge in [-0.2, -0.15) is 0 Å². The second kappa shape index (κ2) is 5.53. The van der Waals surface area contributed by atoms with Crippen LogP contribution in [0.1, 0.15) is 33.1 Å². The van der Waals surface area contributed by atoms with E-state index in [1.165, 1.54) is 25.9 Å². The zero-order chi connectivity index (χ0) is 11.3. The summed E-state index contributed by atoms with van der Waals surface area (Å²) >= 11 is 0. The van der Waals surface area contributed by atoms with Crippen LogP contribution in [0.5, 0.6) is 0 Å². The Morgan fingerprint density at radius 3 is 2.53 bits per heavy atom. The largest absolute Gasteiger partial charge is 0.306 e. The quantitative estimate of drug-likeness (QED) is 0.708. The topological polar surface area (TPSA) is 15.3 Å². The normalized spacial score (nSPS) is 23.3. The van der Waals surface area contributed by atoms with Gasteiger partial charge in [0.25, 0.3) is 0 Å². The van der Waals surface area contributed by atoms with Gasteiger partial charge < -0.3 is 10.2 Å². The van der Waals surface area contributed by atoms with Crippen LogP contribution in [0.25, 0.3) is 0 Å². The van der Waals surface area contributed by atoms with Crippen molar-refractivity contribution in [2.45, 2.75) is 39.2 Å². The van der Waals surface area contributed by atoms with Crippen LogP contribution in [0.15, 0.2) is 0 Å². The number of nitrogens with one attached hydrogen (secondary N) is 1. The van der Waals surface area contributed by atoms with Crippen LogP contribution in [-0.2, 0) is 0 Å². The molecule has 1 saturated heterocycles. The molecule has 0 aromatic heterocycles. The van der Waals surface area contributed by atoms with E-state index in [4.69, 9.17) is 6.42 Å². The van der Waals surface area contributed by atoms with Gasteiger partial charge in [-0.15, -0.1) is 6.42 Å². The van der Waals surface area contributed by atoms with Crippen LogP contribution in [0.2, 0.25) is 0 Å². The van der Waals surface area contributed by atoms with Crippen molar-refractivity contribution in [3.05, 3.63) is 0 Å². The minimum absolute atomic E-state index is 0.251. The number of hydrogen-bond acceptors (Lipinski definition) is 2. The van der Waals surface area contributed by atoms with Crippen LogP contribution in [0.3, 0.4) is 0 Å². The fourth-order valence-electron chi connectivity index (χ4n) is 2.03. The van der Waals surface area contributed by atoms with Gasteiger partial charge in [-0.3, -0.25) is 0 Å². The summed E-state index contributed by atoms with van der Waals surface area (Å²) in [7, 11) is 2.20. The van der Waals surface area contributed by atoms with Crippen molar-refractivity contribution in [3.63, 3.8) is 0 Å². The van der Waals surface area contributed by atoms with Crippen molar-refractivity contribution in [3.8, 4) is 12.3 Å². The second-order valence-electron chi connectivity index (χ2n) is 5.12. The molecule has 1 aliphatic heterocycles. The molecule has 1 unspecified atom stereocenters. The maximum absolute atomic E-state index is 5.44. The molecule has 1 rings (SSSR count). The van der Waals surface area contributed by atoms with E-state index in [1.807, 2.05) is 0 Å². The molecule has 1 fully saturated rings. The third kappa shape index (κ3) is 3.85. The average Bonchev–Trinajstić information content (AvgIpc) is 2.25. The van der Waals surface area contributed by atoms with Crippen molar-refractivity contribution in [1.82, 2.24) is 10.2 Å². The van der Waals surface area contributed by atoms with Gasteiger partial charge in [-0.25, -0.2) is 0 Å². The highest BCUT2D eigenvalue weighted by Gasteiger charge is 2.28. The predicted octanol–water partition coefficient (Wildman–Crippen LogP) is 1.72. The summed E-state index contributed by atoms with van der Waals surface area (Å²) < 4.78 is 0. The van der Waals surface area contributed by atoms with E-state index in [9.17, 15) is 0 Å². The van der Waals surface area contributed by atoms with Gasteiger partial charge in [-0.1, -0.05) is 19.8 Å². The first kappa shape index (κ1) is 12.5. The monoisotopic (exact) mass is 208 g/mol. The molecule has 0 aromatic carbocycles. The average molecular weight is 208 g/mol. The molecule has 0 aliphatic carbocycles. The minimum Gasteiger partial charge on any atom is -0.306 e. The molecule has 1 N–H and O–H groups in total. The molecule has 86 valence electrons. The Balaban J connectivity index is 2.34. The Hall–Kier alpha value is -0.520. The third-order valence-corrected chi connectivity index (χ3v) is 3.58. The highest BCUT2D eigenvalue weighted by molar-refractivity contribution is 4.99. The molecule has 0 bridgehead atoms. The summed E-state index contributed by atoms with van der Waals surface area (Å²) in [5.74, 6) is 2.80. The number of piperidine rings is 1. The molecule has 0 aromatic rings. The maximum Gasteiger partial charge on any atom is 0.0684 e. The molecule has 1 atom stereocenters. The predicted molar refractivity (Wildman–Crippen MR) is 65.8 cm³/mol. The summed E-state index contributed by atoms with van der Waals surface area (Å²) in [6.45, 7) is 7.99. The molecule has 2 nitrogen and oxygen atoms in total. The lowest BCUT2D eigenvalue weighted by molar-refractivity contribution is 0.135. The zero-order valence-electron chi connectivity index (χ0n) is 10.3. The lowest BCUT2D eigenvalue weighted by Crippen LogP contribution is -2.44. The standard InChI is InChI=1S/C13H24N2/c1-5-12(6-2)14-11-13(3)7-9-15(4)10-8-13/h1,12,14H,6-11H2,2-4H3. The summed E-state index contributed by atoms with van der Waals surface area (Å²) in [6, 6.07) is 0.251. The van der Waals surface area contributed by atoms with E-state index in [2.05, 4.69) is 37.0 Å². The minimum atomic E-state index is 0.251. The summed E-state index contributed by atoms with van der Waals surface area (Å²) in [5, 5.41) is 3.49. The highest BCUT2D eigenvalue weighted by atomic mass is 15.1. The van der Waals surface area contributed by atoms with Gasteiger partial charge in [-0.05, 0) is 44.8 Å². The maximum atomic E-state index is 5.44. The first-order chi connectivity index (χ1) is 7.09. The molecule has 1 heterocycles. The summed E-state index contributed by atoms with van der Waals surface area (Å²) in [6.07, 6.45) is 9.01. The van der Waals surface area contributed by atoms with Crippen molar-refractivity contribution < 1.29 is 0 Å². The van der Waals surface area contributed by atoms with Gasteiger partial charge in [0.05, 0.1) is 6.04 Å². The first-order valence-corrected chi connectivity index (χ1v) is 5.98. The third-order valence-electron chi connectivity index (χ3n) is 3.58. The number of likely N-dealkylation sites (tertiary alicyclic amines) is 1. The SMILES string of the molecule is C#CC(CC)NCC1(C)CCN(C)CC1. The summed E-state index contributed by atoms with van der Waals surface area (Å²) in [4.78, 5) is 2.40. The van der Waals surface area contributed by atoms with Gasteiger partial charge in [0, 0.05) is 6.54 Å². The Labute approximate surface area is 94.4 Å². The van der Waals surface area contributed by atoms with Crippen molar-refractivity contribution >= 4 is 0 Å². The van der Waals surface area contributed by atoms with Gasteiger partial charge in [0.1, 0.15) is 0 Å². The van der Waals surface area contributed by atoms with Crippen LogP contribution in [0.4, 0.5) is 0 Å². The van der Waals surface area contributed by atoms with Crippen LogP contribution in [-0.4, -0.2) is 37.6 Å². The smallest absolute Gasteiger partial charge is 0.0684 e. The van der Waals surface area contributed by atoms with E-state index >= 15 is 0 Å². The van der Waals surface area contributed by atoms with Crippen LogP contribution >= 0.6 is 0 Å². The fourth-order valence-corrected chi connectivity index (χ4v) is 2.03. The molecule has 0 amide bonds. The second-order valence-corrected chi connectivity index (χ2v) is 5.12. The molecule has 1 aliphatic rings. The van der Waals surface area contributed by atoms with E-state index in [1.54, 1.807) is 0 Å². The Morgan fingerprint density at radius 2 is 2.07 bits per heavy atom. The van der Waals surface area contributed by atoms with E-state index in [-0.39, 0.29) is 6.04 Å². The first-order valence-electron chi connectivity index (χ1n) is 5.98. The summed E-state index contributed by atoms with van der Waals surface area (Å²) in [5.41, 5.74) is 0.441. The Kier molecular flexibility index (Phi) is 4.63. The number of rotatable bonds is 4. The molecular formula is C13H24N2. The fraction of sp³-hybridized carbons (Fsp3) is 0.846. The molecule has 0 saturated carbocycles. The van der Waals surface area contributed by atoms with Crippen LogP contribution in [0, 0.1) is 17.8 Å². The van der Waals surface area contributed by atoms with Crippen molar-refractivity contribution in [2.24, 2.45) is 5.41 Å². The number of hydrogen-bond donors (Lipinski definition) is 1. The number of nitrogens with zero attached hydrogens (tertiary/aromatic N) is 1. The molecule has 0 spiro atoms. The van der Waals surface area contributed by atoms with E-state index in [0.29, 0.717) is 5.41 Å². The van der Waals surface area contributed by atoms with Crippen LogP contribution < -0.4 is 5.32 Å². The lowest BCUT2D eigenvalue weighted by atomic mass is 9.80.